The molecule has 0 radical (unpaired) electrons. The molecule has 1 heterocycles. The van der Waals surface area contributed by atoms with E-state index in [2.05, 4.69) is 5.32 Å². The van der Waals surface area contributed by atoms with Crippen LogP contribution in [-0.2, 0) is 11.3 Å². The van der Waals surface area contributed by atoms with Crippen molar-refractivity contribution in [3.05, 3.63) is 88.4 Å². The molecule has 37 heavy (non-hydrogen) atoms. The van der Waals surface area contributed by atoms with Crippen molar-refractivity contribution in [1.82, 2.24) is 10.2 Å². The molecule has 1 aliphatic heterocycles. The molecule has 8 heteroatoms. The summed E-state index contributed by atoms with van der Waals surface area (Å²) >= 11 is 6.15. The Bertz CT molecular complexity index is 1250. The fourth-order valence-electron chi connectivity index (χ4n) is 4.11. The van der Waals surface area contributed by atoms with Crippen LogP contribution in [0.3, 0.4) is 0 Å². The van der Waals surface area contributed by atoms with Gasteiger partial charge in [0, 0.05) is 22.7 Å². The van der Waals surface area contributed by atoms with E-state index in [4.69, 9.17) is 25.8 Å². The van der Waals surface area contributed by atoms with Crippen molar-refractivity contribution in [3.63, 3.8) is 0 Å². The second-order valence-corrected chi connectivity index (χ2v) is 10.3. The lowest BCUT2D eigenvalue weighted by molar-refractivity contribution is -0.127. The summed E-state index contributed by atoms with van der Waals surface area (Å²) in [7, 11) is 1.60. The lowest BCUT2D eigenvalue weighted by atomic mass is 9.99. The summed E-state index contributed by atoms with van der Waals surface area (Å²) in [5.41, 5.74) is 1.37. The van der Waals surface area contributed by atoms with Crippen LogP contribution in [0.5, 0.6) is 17.2 Å². The smallest absolute Gasteiger partial charge is 0.255 e. The fraction of sp³-hybridized carbons (Fsp3) is 0.310. The van der Waals surface area contributed by atoms with Crippen LogP contribution < -0.4 is 19.5 Å². The highest BCUT2D eigenvalue weighted by atomic mass is 35.5. The van der Waals surface area contributed by atoms with Gasteiger partial charge >= 0.3 is 0 Å². The van der Waals surface area contributed by atoms with Crippen LogP contribution in [0.1, 0.15) is 48.3 Å². The Labute approximate surface area is 222 Å². The number of carbonyl (C=O) groups is 2. The molecule has 1 N–H and O–H groups in total. The number of rotatable bonds is 7. The SMILES string of the molecule is COc1ccc(CN(C(=O)c2ccc3c(c2)OCCO3)C(C(=O)NC(C)(C)C)c2ccc(Cl)cc2)cc1. The molecule has 0 bridgehead atoms. The van der Waals surface area contributed by atoms with E-state index >= 15 is 0 Å². The van der Waals surface area contributed by atoms with Crippen molar-refractivity contribution in [1.29, 1.82) is 0 Å². The van der Waals surface area contributed by atoms with Gasteiger partial charge in [-0.05, 0) is 74.4 Å². The highest BCUT2D eigenvalue weighted by Crippen LogP contribution is 2.33. The topological polar surface area (TPSA) is 77.1 Å². The van der Waals surface area contributed by atoms with Crippen molar-refractivity contribution < 1.29 is 23.8 Å². The number of methoxy groups -OCH3 is 1. The molecule has 1 unspecified atom stereocenters. The first-order valence-electron chi connectivity index (χ1n) is 12.1. The molecule has 2 amide bonds. The third-order valence-corrected chi connectivity index (χ3v) is 6.06. The highest BCUT2D eigenvalue weighted by Gasteiger charge is 2.34. The van der Waals surface area contributed by atoms with Gasteiger partial charge in [0.15, 0.2) is 11.5 Å². The molecular formula is C29H31ClN2O5. The maximum atomic E-state index is 14.1. The summed E-state index contributed by atoms with van der Waals surface area (Å²) in [5, 5.41) is 3.58. The van der Waals surface area contributed by atoms with E-state index in [1.165, 1.54) is 0 Å². The zero-order chi connectivity index (χ0) is 26.6. The first kappa shape index (κ1) is 26.4. The number of hydrogen-bond acceptors (Lipinski definition) is 5. The van der Waals surface area contributed by atoms with Gasteiger partial charge in [0.2, 0.25) is 5.91 Å². The van der Waals surface area contributed by atoms with Gasteiger partial charge in [0.1, 0.15) is 25.0 Å². The standard InChI is InChI=1S/C29H31ClN2O5/c1-29(2,3)31-27(33)26(20-7-10-22(30)11-8-20)32(18-19-5-12-23(35-4)13-6-19)28(34)21-9-14-24-25(17-21)37-16-15-36-24/h5-14,17,26H,15-16,18H2,1-4H3,(H,31,33). The number of benzene rings is 3. The normalized spacial score (nSPS) is 13.4. The number of nitrogens with zero attached hydrogens (tertiary/aromatic N) is 1. The Kier molecular flexibility index (Phi) is 7.93. The second kappa shape index (κ2) is 11.1. The average Bonchev–Trinajstić information content (AvgIpc) is 2.88. The minimum atomic E-state index is -0.917. The molecule has 0 fully saturated rings. The van der Waals surface area contributed by atoms with E-state index in [0.29, 0.717) is 46.6 Å². The Morgan fingerprint density at radius 2 is 1.62 bits per heavy atom. The van der Waals surface area contributed by atoms with Gasteiger partial charge < -0.3 is 24.4 Å². The zero-order valence-electron chi connectivity index (χ0n) is 21.4. The molecule has 7 nitrogen and oxygen atoms in total. The summed E-state index contributed by atoms with van der Waals surface area (Å²) in [6.45, 7) is 6.75. The van der Waals surface area contributed by atoms with Gasteiger partial charge in [-0.1, -0.05) is 35.9 Å². The van der Waals surface area contributed by atoms with E-state index in [-0.39, 0.29) is 18.4 Å². The molecule has 0 aromatic heterocycles. The Balaban J connectivity index is 1.79. The number of carbonyl (C=O) groups excluding carboxylic acids is 2. The van der Waals surface area contributed by atoms with Crippen LogP contribution in [0.15, 0.2) is 66.7 Å². The van der Waals surface area contributed by atoms with Crippen LogP contribution in [0.4, 0.5) is 0 Å². The molecule has 0 saturated carbocycles. The Morgan fingerprint density at radius 3 is 2.24 bits per heavy atom. The Morgan fingerprint density at radius 1 is 0.973 bits per heavy atom. The molecule has 1 atom stereocenters. The number of halogens is 1. The second-order valence-electron chi connectivity index (χ2n) is 9.83. The number of hydrogen-bond donors (Lipinski definition) is 1. The van der Waals surface area contributed by atoms with Crippen LogP contribution in [0.2, 0.25) is 5.02 Å². The monoisotopic (exact) mass is 522 g/mol. The van der Waals surface area contributed by atoms with Crippen molar-refractivity contribution in [2.75, 3.05) is 20.3 Å². The molecule has 0 aliphatic carbocycles. The van der Waals surface area contributed by atoms with Crippen molar-refractivity contribution in [2.24, 2.45) is 0 Å². The van der Waals surface area contributed by atoms with Crippen LogP contribution in [0.25, 0.3) is 0 Å². The predicted octanol–water partition coefficient (Wildman–Crippen LogP) is 5.42. The molecule has 0 saturated heterocycles. The number of fused-ring (bicyclic) bond motifs is 1. The minimum absolute atomic E-state index is 0.183. The molecule has 3 aromatic rings. The fourth-order valence-corrected chi connectivity index (χ4v) is 4.23. The molecule has 3 aromatic carbocycles. The van der Waals surface area contributed by atoms with Gasteiger partial charge in [-0.2, -0.15) is 0 Å². The van der Waals surface area contributed by atoms with Gasteiger partial charge in [-0.25, -0.2) is 0 Å². The lowest BCUT2D eigenvalue weighted by Crippen LogP contribution is -2.49. The van der Waals surface area contributed by atoms with E-state index in [9.17, 15) is 9.59 Å². The third-order valence-electron chi connectivity index (χ3n) is 5.81. The summed E-state index contributed by atoms with van der Waals surface area (Å²) in [5.74, 6) is 1.17. The van der Waals surface area contributed by atoms with Gasteiger partial charge in [0.25, 0.3) is 5.91 Å². The maximum Gasteiger partial charge on any atom is 0.255 e. The van der Waals surface area contributed by atoms with E-state index in [0.717, 1.165) is 5.56 Å². The van der Waals surface area contributed by atoms with E-state index in [1.54, 1.807) is 54.5 Å². The average molecular weight is 523 g/mol. The molecule has 0 spiro atoms. The maximum absolute atomic E-state index is 14.1. The molecule has 4 rings (SSSR count). The molecule has 194 valence electrons. The van der Waals surface area contributed by atoms with Gasteiger partial charge in [-0.15, -0.1) is 0 Å². The van der Waals surface area contributed by atoms with Crippen molar-refractivity contribution in [3.8, 4) is 17.2 Å². The quantitative estimate of drug-likeness (QED) is 0.448. The van der Waals surface area contributed by atoms with E-state index in [1.807, 2.05) is 45.0 Å². The van der Waals surface area contributed by atoms with E-state index < -0.39 is 11.6 Å². The largest absolute Gasteiger partial charge is 0.497 e. The van der Waals surface area contributed by atoms with Crippen molar-refractivity contribution in [2.45, 2.75) is 38.9 Å². The minimum Gasteiger partial charge on any atom is -0.497 e. The first-order valence-corrected chi connectivity index (χ1v) is 12.4. The first-order chi connectivity index (χ1) is 17.6. The van der Waals surface area contributed by atoms with Gasteiger partial charge in [0.05, 0.1) is 7.11 Å². The third kappa shape index (κ3) is 6.54. The number of ether oxygens (including phenoxy) is 3. The summed E-state index contributed by atoms with van der Waals surface area (Å²) in [6, 6.07) is 18.6. The Hall–Kier alpha value is -3.71. The van der Waals surface area contributed by atoms with Crippen LogP contribution >= 0.6 is 11.6 Å². The number of amides is 2. The van der Waals surface area contributed by atoms with Crippen molar-refractivity contribution >= 4 is 23.4 Å². The van der Waals surface area contributed by atoms with Gasteiger partial charge in [-0.3, -0.25) is 9.59 Å². The summed E-state index contributed by atoms with van der Waals surface area (Å²) in [4.78, 5) is 29.4. The molecule has 1 aliphatic rings. The molecular weight excluding hydrogens is 492 g/mol. The van der Waals surface area contributed by atoms with Crippen LogP contribution in [-0.4, -0.2) is 42.6 Å². The predicted molar refractivity (Wildman–Crippen MR) is 142 cm³/mol. The lowest BCUT2D eigenvalue weighted by Gasteiger charge is -2.34. The summed E-state index contributed by atoms with van der Waals surface area (Å²) < 4.78 is 16.6. The van der Waals surface area contributed by atoms with Crippen LogP contribution in [0, 0.1) is 0 Å². The number of nitrogens with one attached hydrogen (secondary N) is 1. The zero-order valence-corrected chi connectivity index (χ0v) is 22.2. The summed E-state index contributed by atoms with van der Waals surface area (Å²) in [6.07, 6.45) is 0. The highest BCUT2D eigenvalue weighted by molar-refractivity contribution is 6.30.